The van der Waals surface area contributed by atoms with Crippen LogP contribution in [0.25, 0.3) is 0 Å². The minimum atomic E-state index is -0.705. The summed E-state index contributed by atoms with van der Waals surface area (Å²) in [6, 6.07) is 3.66. The molecule has 1 heterocycles. The lowest BCUT2D eigenvalue weighted by molar-refractivity contribution is -0.151. The molecule has 0 saturated heterocycles. The third-order valence-electron chi connectivity index (χ3n) is 3.60. The quantitative estimate of drug-likeness (QED) is 0.735. The zero-order valence-electron chi connectivity index (χ0n) is 13.7. The Balaban J connectivity index is 2.14. The second-order valence-corrected chi connectivity index (χ2v) is 6.31. The van der Waals surface area contributed by atoms with Gasteiger partial charge in [0, 0.05) is 6.08 Å². The lowest BCUT2D eigenvalue weighted by Gasteiger charge is -2.27. The lowest BCUT2D eigenvalue weighted by atomic mass is 10.0. The van der Waals surface area contributed by atoms with Crippen LogP contribution in [-0.2, 0) is 14.3 Å². The van der Waals surface area contributed by atoms with E-state index in [2.05, 4.69) is 0 Å². The molecule has 1 aromatic rings. The van der Waals surface area contributed by atoms with Crippen LogP contribution in [0.15, 0.2) is 30.0 Å². The van der Waals surface area contributed by atoms with E-state index < -0.39 is 17.8 Å². The van der Waals surface area contributed by atoms with Crippen molar-refractivity contribution in [1.29, 1.82) is 0 Å². The molecule has 0 bridgehead atoms. The molecule has 0 saturated carbocycles. The first-order valence-electron chi connectivity index (χ1n) is 7.54. The van der Waals surface area contributed by atoms with E-state index in [1.807, 2.05) is 13.8 Å². The van der Waals surface area contributed by atoms with Crippen molar-refractivity contribution in [1.82, 2.24) is 4.90 Å². The molecule has 0 fully saturated rings. The number of halogens is 2. The second kappa shape index (κ2) is 7.66. The van der Waals surface area contributed by atoms with Gasteiger partial charge in [-0.3, -0.25) is 4.79 Å². The topological polar surface area (TPSA) is 55.8 Å². The molecular weight excluding hydrogens is 337 g/mol. The van der Waals surface area contributed by atoms with Crippen molar-refractivity contribution in [2.45, 2.75) is 26.3 Å². The molecule has 1 aromatic carbocycles. The first kappa shape index (κ1) is 18.3. The fourth-order valence-electron chi connectivity index (χ4n) is 2.47. The molecule has 130 valence electrons. The van der Waals surface area contributed by atoms with Gasteiger partial charge in [-0.25, -0.2) is 9.18 Å². The van der Waals surface area contributed by atoms with Gasteiger partial charge in [0.25, 0.3) is 5.91 Å². The Bertz CT molecular complexity index is 675. The zero-order chi connectivity index (χ0) is 17.9. The van der Waals surface area contributed by atoms with E-state index in [0.29, 0.717) is 6.42 Å². The molecular formula is C17H19ClFNO4. The maximum absolute atomic E-state index is 13.9. The van der Waals surface area contributed by atoms with E-state index in [4.69, 9.17) is 21.1 Å². The van der Waals surface area contributed by atoms with Crippen molar-refractivity contribution in [3.05, 3.63) is 40.9 Å². The minimum absolute atomic E-state index is 0.0667. The van der Waals surface area contributed by atoms with E-state index >= 15 is 0 Å². The van der Waals surface area contributed by atoms with Gasteiger partial charge in [0.2, 0.25) is 0 Å². The summed E-state index contributed by atoms with van der Waals surface area (Å²) in [4.78, 5) is 25.6. The predicted octanol–water partition coefficient (Wildman–Crippen LogP) is 3.17. The van der Waals surface area contributed by atoms with E-state index in [9.17, 15) is 14.0 Å². The summed E-state index contributed by atoms with van der Waals surface area (Å²) in [5.41, 5.74) is 0. The molecule has 0 aromatic heterocycles. The van der Waals surface area contributed by atoms with Gasteiger partial charge in [-0.05, 0) is 24.5 Å². The Labute approximate surface area is 145 Å². The summed E-state index contributed by atoms with van der Waals surface area (Å²) >= 11 is 5.71. The zero-order valence-corrected chi connectivity index (χ0v) is 14.5. The molecule has 0 N–H and O–H groups in total. The lowest BCUT2D eigenvalue weighted by Crippen LogP contribution is -2.44. The first-order valence-corrected chi connectivity index (χ1v) is 7.92. The van der Waals surface area contributed by atoms with Crippen LogP contribution in [0, 0.1) is 11.7 Å². The molecule has 1 aliphatic heterocycles. The SMILES string of the molecule is COC(=O)[C@H](CC(C)C)N1CC(Oc2cccc(Cl)c2F)=CC1=O. The monoisotopic (exact) mass is 355 g/mol. The molecule has 7 heteroatoms. The highest BCUT2D eigenvalue weighted by molar-refractivity contribution is 6.30. The summed E-state index contributed by atoms with van der Waals surface area (Å²) in [5, 5.41) is -0.0680. The molecule has 1 atom stereocenters. The Kier molecular flexibility index (Phi) is 5.83. The van der Waals surface area contributed by atoms with Gasteiger partial charge in [0.1, 0.15) is 11.8 Å². The Morgan fingerprint density at radius 2 is 2.12 bits per heavy atom. The highest BCUT2D eigenvalue weighted by atomic mass is 35.5. The number of carbonyl (C=O) groups is 2. The highest BCUT2D eigenvalue weighted by Crippen LogP contribution is 2.28. The second-order valence-electron chi connectivity index (χ2n) is 5.90. The maximum atomic E-state index is 13.9. The van der Waals surface area contributed by atoms with Crippen LogP contribution in [-0.4, -0.2) is 36.5 Å². The van der Waals surface area contributed by atoms with Crippen molar-refractivity contribution < 1.29 is 23.5 Å². The number of benzene rings is 1. The fraction of sp³-hybridized carbons (Fsp3) is 0.412. The molecule has 5 nitrogen and oxygen atoms in total. The van der Waals surface area contributed by atoms with Crippen molar-refractivity contribution >= 4 is 23.5 Å². The van der Waals surface area contributed by atoms with E-state index in [-0.39, 0.29) is 34.9 Å². The number of hydrogen-bond donors (Lipinski definition) is 0. The van der Waals surface area contributed by atoms with Crippen molar-refractivity contribution in [3.63, 3.8) is 0 Å². The average Bonchev–Trinajstić information content (AvgIpc) is 2.89. The number of hydrogen-bond acceptors (Lipinski definition) is 4. The van der Waals surface area contributed by atoms with Crippen LogP contribution in [0.5, 0.6) is 5.75 Å². The Hall–Kier alpha value is -2.08. The number of ether oxygens (including phenoxy) is 2. The number of rotatable bonds is 6. The van der Waals surface area contributed by atoms with Crippen LogP contribution in [0.4, 0.5) is 4.39 Å². The number of esters is 1. The van der Waals surface area contributed by atoms with Crippen molar-refractivity contribution in [2.75, 3.05) is 13.7 Å². The summed E-state index contributed by atoms with van der Waals surface area (Å²) in [7, 11) is 1.28. The van der Waals surface area contributed by atoms with Crippen LogP contribution >= 0.6 is 11.6 Å². The van der Waals surface area contributed by atoms with Crippen LogP contribution in [0.2, 0.25) is 5.02 Å². The molecule has 0 unspecified atom stereocenters. The number of amides is 1. The van der Waals surface area contributed by atoms with Gasteiger partial charge in [0.05, 0.1) is 18.7 Å². The minimum Gasteiger partial charge on any atom is -0.467 e. The molecule has 1 aliphatic rings. The number of methoxy groups -OCH3 is 1. The van der Waals surface area contributed by atoms with E-state index in [1.54, 1.807) is 6.07 Å². The largest absolute Gasteiger partial charge is 0.467 e. The van der Waals surface area contributed by atoms with Crippen molar-refractivity contribution in [3.8, 4) is 5.75 Å². The van der Waals surface area contributed by atoms with E-state index in [0.717, 1.165) is 0 Å². The van der Waals surface area contributed by atoms with E-state index in [1.165, 1.54) is 30.2 Å². The van der Waals surface area contributed by atoms with Crippen LogP contribution in [0.3, 0.4) is 0 Å². The van der Waals surface area contributed by atoms with Gasteiger partial charge in [-0.2, -0.15) is 0 Å². The number of carbonyl (C=O) groups excluding carboxylic acids is 2. The Morgan fingerprint density at radius 1 is 1.42 bits per heavy atom. The summed E-state index contributed by atoms with van der Waals surface area (Å²) < 4.78 is 24.1. The third-order valence-corrected chi connectivity index (χ3v) is 3.89. The van der Waals surface area contributed by atoms with Crippen molar-refractivity contribution in [2.24, 2.45) is 5.92 Å². The summed E-state index contributed by atoms with van der Waals surface area (Å²) in [6.07, 6.45) is 1.71. The van der Waals surface area contributed by atoms with Gasteiger partial charge in [0.15, 0.2) is 11.6 Å². The number of nitrogens with zero attached hydrogens (tertiary/aromatic N) is 1. The standard InChI is InChI=1S/C17H19ClFNO4/c1-10(2)7-13(17(22)23-3)20-9-11(8-15(20)21)24-14-6-4-5-12(18)16(14)19/h4-6,8,10,13H,7,9H2,1-3H3/t13-/m0/s1. The fourth-order valence-corrected chi connectivity index (χ4v) is 2.64. The average molecular weight is 356 g/mol. The highest BCUT2D eigenvalue weighted by Gasteiger charge is 2.35. The summed E-state index contributed by atoms with van der Waals surface area (Å²) in [6.45, 7) is 3.96. The molecule has 2 rings (SSSR count). The molecule has 0 radical (unpaired) electrons. The molecule has 1 amide bonds. The van der Waals surface area contributed by atoms with Gasteiger partial charge >= 0.3 is 5.97 Å². The molecule has 0 spiro atoms. The molecule has 24 heavy (non-hydrogen) atoms. The normalized spacial score (nSPS) is 15.5. The van der Waals surface area contributed by atoms with Gasteiger partial charge < -0.3 is 14.4 Å². The third kappa shape index (κ3) is 4.06. The van der Waals surface area contributed by atoms with Gasteiger partial charge in [-0.1, -0.05) is 31.5 Å². The first-order chi connectivity index (χ1) is 11.3. The smallest absolute Gasteiger partial charge is 0.328 e. The van der Waals surface area contributed by atoms with Gasteiger partial charge in [-0.15, -0.1) is 0 Å². The van der Waals surface area contributed by atoms with Crippen LogP contribution in [0.1, 0.15) is 20.3 Å². The Morgan fingerprint density at radius 3 is 2.75 bits per heavy atom. The predicted molar refractivity (Wildman–Crippen MR) is 87.1 cm³/mol. The maximum Gasteiger partial charge on any atom is 0.328 e. The summed E-state index contributed by atoms with van der Waals surface area (Å²) in [5.74, 6) is -1.18. The van der Waals surface area contributed by atoms with Crippen LogP contribution < -0.4 is 4.74 Å². The molecule has 0 aliphatic carbocycles.